The minimum absolute atomic E-state index is 0.0826. The average molecular weight is 435 g/mol. The number of aliphatic hydroxyl groups is 2. The Kier molecular flexibility index (Phi) is 4.91. The van der Waals surface area contributed by atoms with Crippen molar-refractivity contribution in [3.05, 3.63) is 23.8 Å². The first kappa shape index (κ1) is 22.3. The number of hydrogen-bond acceptors (Lipinski definition) is 6. The highest BCUT2D eigenvalue weighted by Crippen LogP contribution is 2.70. The van der Waals surface area contributed by atoms with Crippen molar-refractivity contribution in [3.63, 3.8) is 0 Å². The van der Waals surface area contributed by atoms with Crippen molar-refractivity contribution in [2.75, 3.05) is 6.61 Å². The van der Waals surface area contributed by atoms with Gasteiger partial charge in [-0.05, 0) is 44.1 Å². The molecule has 2 fully saturated rings. The molecule has 0 heterocycles. The zero-order valence-electron chi connectivity index (χ0n) is 18.5. The second-order valence-corrected chi connectivity index (χ2v) is 10.4. The average Bonchev–Trinajstić information content (AvgIpc) is 2.89. The lowest BCUT2D eigenvalue weighted by Crippen LogP contribution is -2.69. The van der Waals surface area contributed by atoms with E-state index in [1.807, 2.05) is 6.08 Å². The van der Waals surface area contributed by atoms with Gasteiger partial charge in [0.1, 0.15) is 5.60 Å². The monoisotopic (exact) mass is 434 g/mol. The molecule has 0 aromatic carbocycles. The fourth-order valence-electron chi connectivity index (χ4n) is 7.32. The number of halogens is 1. The van der Waals surface area contributed by atoms with Gasteiger partial charge in [-0.2, -0.15) is 0 Å². The van der Waals surface area contributed by atoms with Gasteiger partial charge in [-0.3, -0.25) is 14.4 Å². The normalized spacial score (nSPS) is 48.4. The number of aliphatic hydroxyl groups excluding tert-OH is 1. The first-order valence-corrected chi connectivity index (χ1v) is 11.0. The number of hydrogen-bond donors (Lipinski definition) is 2. The van der Waals surface area contributed by atoms with Crippen molar-refractivity contribution in [2.24, 2.45) is 28.6 Å². The lowest BCUT2D eigenvalue weighted by molar-refractivity contribution is -0.215. The predicted molar refractivity (Wildman–Crippen MR) is 109 cm³/mol. The van der Waals surface area contributed by atoms with E-state index < -0.39 is 58.4 Å². The van der Waals surface area contributed by atoms with Gasteiger partial charge in [0.15, 0.2) is 18.1 Å². The van der Waals surface area contributed by atoms with Crippen LogP contribution in [-0.2, 0) is 19.1 Å². The molecule has 3 unspecified atom stereocenters. The van der Waals surface area contributed by atoms with Crippen LogP contribution in [0.15, 0.2) is 23.8 Å². The van der Waals surface area contributed by atoms with E-state index in [1.54, 1.807) is 26.8 Å². The maximum atomic E-state index is 17.0. The third-order valence-corrected chi connectivity index (χ3v) is 9.02. The smallest absolute Gasteiger partial charge is 0.303 e. The number of ether oxygens (including phenoxy) is 1. The summed E-state index contributed by atoms with van der Waals surface area (Å²) in [5, 5.41) is 22.9. The Morgan fingerprint density at radius 1 is 1.29 bits per heavy atom. The van der Waals surface area contributed by atoms with E-state index in [1.165, 1.54) is 13.0 Å². The second kappa shape index (κ2) is 6.82. The van der Waals surface area contributed by atoms with Gasteiger partial charge in [-0.1, -0.05) is 31.6 Å². The Bertz CT molecular complexity index is 910. The van der Waals surface area contributed by atoms with Crippen molar-refractivity contribution in [2.45, 2.75) is 70.8 Å². The highest BCUT2D eigenvalue weighted by atomic mass is 19.1. The Morgan fingerprint density at radius 2 is 1.97 bits per heavy atom. The van der Waals surface area contributed by atoms with E-state index in [0.717, 1.165) is 0 Å². The van der Waals surface area contributed by atoms with Gasteiger partial charge in [-0.15, -0.1) is 0 Å². The number of carbonyl (C=O) groups excluding carboxylic acids is 3. The molecule has 0 aliphatic heterocycles. The van der Waals surface area contributed by atoms with E-state index in [2.05, 4.69) is 0 Å². The molecule has 0 amide bonds. The van der Waals surface area contributed by atoms with Crippen LogP contribution in [0.1, 0.15) is 53.4 Å². The summed E-state index contributed by atoms with van der Waals surface area (Å²) in [5.74, 6) is -2.77. The summed E-state index contributed by atoms with van der Waals surface area (Å²) in [5.41, 5.74) is -5.34. The Labute approximate surface area is 181 Å². The molecule has 7 heteroatoms. The number of Topliss-reactive ketones (excluding diaryl/α,β-unsaturated/α-hetero) is 1. The van der Waals surface area contributed by atoms with E-state index in [-0.39, 0.29) is 24.5 Å². The fraction of sp³-hybridized carbons (Fsp3) is 0.708. The Morgan fingerprint density at radius 3 is 2.61 bits per heavy atom. The molecule has 2 saturated carbocycles. The number of carbonyl (C=O) groups is 3. The lowest BCUT2D eigenvalue weighted by Gasteiger charge is -2.62. The largest absolute Gasteiger partial charge is 0.458 e. The Hall–Kier alpha value is -1.86. The van der Waals surface area contributed by atoms with Crippen LogP contribution in [0.5, 0.6) is 0 Å². The van der Waals surface area contributed by atoms with Gasteiger partial charge in [0.2, 0.25) is 5.78 Å². The van der Waals surface area contributed by atoms with Gasteiger partial charge in [-0.25, -0.2) is 4.39 Å². The molecule has 8 atom stereocenters. The minimum Gasteiger partial charge on any atom is -0.458 e. The number of esters is 1. The first-order chi connectivity index (χ1) is 14.3. The molecule has 31 heavy (non-hydrogen) atoms. The van der Waals surface area contributed by atoms with E-state index >= 15 is 4.39 Å². The summed E-state index contributed by atoms with van der Waals surface area (Å²) in [6.07, 6.45) is 4.26. The highest BCUT2D eigenvalue weighted by molar-refractivity contribution is 5.94. The summed E-state index contributed by atoms with van der Waals surface area (Å²) in [6.45, 7) is 5.88. The molecular weight excluding hydrogens is 403 g/mol. The standard InChI is InChI=1S/C24H31FO6/c1-13-9-18-17-6-5-15-10-16(27)7-8-21(15,3)23(17,25)19(28)11-22(18,4)24(13,30)20(29)12-31-14(2)26/h5,7-8,13,17-19,28,30H,6,9-12H2,1-4H3/t13-,17?,18?,19?,21-,22-,23-,24-/m0/s1. The van der Waals surface area contributed by atoms with Crippen LogP contribution >= 0.6 is 0 Å². The summed E-state index contributed by atoms with van der Waals surface area (Å²) < 4.78 is 21.9. The minimum atomic E-state index is -2.01. The van der Waals surface area contributed by atoms with Crippen LogP contribution in [0.3, 0.4) is 0 Å². The fourth-order valence-corrected chi connectivity index (χ4v) is 7.32. The summed E-state index contributed by atoms with van der Waals surface area (Å²) in [6, 6.07) is 0. The Balaban J connectivity index is 1.77. The van der Waals surface area contributed by atoms with E-state index in [9.17, 15) is 24.6 Å². The van der Waals surface area contributed by atoms with Crippen molar-refractivity contribution in [1.29, 1.82) is 0 Å². The van der Waals surface area contributed by atoms with Crippen LogP contribution in [-0.4, -0.2) is 51.7 Å². The number of allylic oxidation sites excluding steroid dienone is 4. The van der Waals surface area contributed by atoms with Crippen LogP contribution in [0.2, 0.25) is 0 Å². The maximum Gasteiger partial charge on any atom is 0.303 e. The molecule has 0 aromatic rings. The van der Waals surface area contributed by atoms with E-state index in [4.69, 9.17) is 4.74 Å². The highest BCUT2D eigenvalue weighted by Gasteiger charge is 2.75. The number of fused-ring (bicyclic) bond motifs is 5. The number of rotatable bonds is 3. The summed E-state index contributed by atoms with van der Waals surface area (Å²) >= 11 is 0. The molecule has 6 nitrogen and oxygen atoms in total. The van der Waals surface area contributed by atoms with Gasteiger partial charge < -0.3 is 14.9 Å². The second-order valence-electron chi connectivity index (χ2n) is 10.4. The molecule has 2 N–H and O–H groups in total. The van der Waals surface area contributed by atoms with Crippen LogP contribution in [0.4, 0.5) is 4.39 Å². The first-order valence-electron chi connectivity index (χ1n) is 11.0. The quantitative estimate of drug-likeness (QED) is 0.523. The van der Waals surface area contributed by atoms with E-state index in [0.29, 0.717) is 18.4 Å². The summed E-state index contributed by atoms with van der Waals surface area (Å²) in [7, 11) is 0. The van der Waals surface area contributed by atoms with Crippen molar-refractivity contribution in [1.82, 2.24) is 0 Å². The lowest BCUT2D eigenvalue weighted by atomic mass is 9.45. The van der Waals surface area contributed by atoms with Crippen LogP contribution in [0, 0.1) is 28.6 Å². The molecular formula is C24H31FO6. The van der Waals surface area contributed by atoms with Crippen molar-refractivity contribution < 1.29 is 33.7 Å². The van der Waals surface area contributed by atoms with Crippen molar-refractivity contribution in [3.8, 4) is 0 Å². The molecule has 4 aliphatic carbocycles. The molecule has 0 aromatic heterocycles. The van der Waals surface area contributed by atoms with Crippen LogP contribution in [0.25, 0.3) is 0 Å². The number of ketones is 2. The van der Waals surface area contributed by atoms with Gasteiger partial charge in [0.25, 0.3) is 0 Å². The molecule has 0 radical (unpaired) electrons. The van der Waals surface area contributed by atoms with Crippen LogP contribution < -0.4 is 0 Å². The van der Waals surface area contributed by atoms with Gasteiger partial charge in [0, 0.05) is 30.1 Å². The molecule has 0 spiro atoms. The third kappa shape index (κ3) is 2.65. The maximum absolute atomic E-state index is 17.0. The molecule has 0 bridgehead atoms. The van der Waals surface area contributed by atoms with Gasteiger partial charge in [0.05, 0.1) is 6.10 Å². The molecule has 4 rings (SSSR count). The number of alkyl halides is 1. The zero-order chi connectivity index (χ0) is 23.0. The topological polar surface area (TPSA) is 101 Å². The molecule has 4 aliphatic rings. The SMILES string of the molecule is CC(=O)OCC(=O)[C@@]1(O)[C@@H](C)CC2C3CC=C4CC(=O)C=C[C@]4(C)[C@@]3(F)C(O)C[C@@]21C. The summed E-state index contributed by atoms with van der Waals surface area (Å²) in [4.78, 5) is 36.2. The third-order valence-electron chi connectivity index (χ3n) is 9.02. The zero-order valence-corrected chi connectivity index (χ0v) is 18.5. The van der Waals surface area contributed by atoms with Gasteiger partial charge >= 0.3 is 5.97 Å². The molecule has 170 valence electrons. The predicted octanol–water partition coefficient (Wildman–Crippen LogP) is 2.47. The molecule has 0 saturated heterocycles. The van der Waals surface area contributed by atoms with Crippen molar-refractivity contribution >= 4 is 17.5 Å².